The Morgan fingerprint density at radius 3 is 2.18 bits per heavy atom. The maximum absolute atomic E-state index is 13.8. The van der Waals surface area contributed by atoms with Gasteiger partial charge in [0.25, 0.3) is 14.2 Å². The number of hydrogen-bond donors (Lipinski definition) is 2. The SMILES string of the molecule is COc1cccnc1-c1cc(C(=O)Nc2nnc(-n3nccc3NC(C)=O)s2)oc(=O)c1OCC(C)(C)CO[Si](c1ccccc1)(c1ccccc1)C(C)(C)C. The van der Waals surface area contributed by atoms with Gasteiger partial charge in [-0.3, -0.25) is 19.9 Å². The van der Waals surface area contributed by atoms with E-state index in [0.717, 1.165) is 21.7 Å². The lowest BCUT2D eigenvalue weighted by Crippen LogP contribution is -2.67. The van der Waals surface area contributed by atoms with Crippen LogP contribution in [0.5, 0.6) is 11.5 Å². The summed E-state index contributed by atoms with van der Waals surface area (Å²) in [5.74, 6) is -0.797. The van der Waals surface area contributed by atoms with Crippen LogP contribution in [-0.2, 0) is 9.22 Å². The summed E-state index contributed by atoms with van der Waals surface area (Å²) >= 11 is 0.993. The molecule has 290 valence electrons. The Balaban J connectivity index is 1.28. The lowest BCUT2D eigenvalue weighted by molar-refractivity contribution is -0.114. The van der Waals surface area contributed by atoms with E-state index >= 15 is 0 Å². The number of nitrogens with zero attached hydrogens (tertiary/aromatic N) is 5. The topological polar surface area (TPSA) is 173 Å². The molecule has 2 amide bonds. The molecule has 6 rings (SSSR count). The summed E-state index contributed by atoms with van der Waals surface area (Å²) in [4.78, 5) is 43.4. The smallest absolute Gasteiger partial charge is 0.379 e. The van der Waals surface area contributed by atoms with Gasteiger partial charge in [0.2, 0.25) is 21.9 Å². The zero-order valence-electron chi connectivity index (χ0n) is 32.2. The normalized spacial score (nSPS) is 11.9. The largest absolute Gasteiger partial charge is 0.494 e. The van der Waals surface area contributed by atoms with Crippen molar-refractivity contribution in [2.24, 2.45) is 5.41 Å². The van der Waals surface area contributed by atoms with Crippen molar-refractivity contribution < 1.29 is 27.9 Å². The van der Waals surface area contributed by atoms with Crippen LogP contribution in [0.4, 0.5) is 10.9 Å². The van der Waals surface area contributed by atoms with Crippen LogP contribution in [0.15, 0.2) is 107 Å². The van der Waals surface area contributed by atoms with Crippen LogP contribution in [0.2, 0.25) is 5.04 Å². The molecule has 6 aromatic rings. The number of carbonyl (C=O) groups is 2. The van der Waals surface area contributed by atoms with Crippen molar-refractivity contribution in [2.45, 2.75) is 46.6 Å². The van der Waals surface area contributed by atoms with Crippen LogP contribution in [0.3, 0.4) is 0 Å². The van der Waals surface area contributed by atoms with Gasteiger partial charge in [-0.2, -0.15) is 9.78 Å². The van der Waals surface area contributed by atoms with Gasteiger partial charge >= 0.3 is 5.63 Å². The first-order valence-electron chi connectivity index (χ1n) is 17.7. The minimum Gasteiger partial charge on any atom is -0.494 e. The maximum atomic E-state index is 13.8. The molecular weight excluding hydrogens is 751 g/mol. The Labute approximate surface area is 329 Å². The van der Waals surface area contributed by atoms with Crippen LogP contribution in [0, 0.1) is 5.41 Å². The van der Waals surface area contributed by atoms with Gasteiger partial charge in [0.05, 0.1) is 25.5 Å². The third-order valence-electron chi connectivity index (χ3n) is 8.84. The molecule has 0 radical (unpaired) electrons. The van der Waals surface area contributed by atoms with Crippen LogP contribution < -0.4 is 36.1 Å². The summed E-state index contributed by atoms with van der Waals surface area (Å²) in [5.41, 5.74) is -1.03. The molecule has 14 nitrogen and oxygen atoms in total. The molecule has 0 fully saturated rings. The number of anilines is 2. The molecule has 0 spiro atoms. The number of aromatic nitrogens is 5. The van der Waals surface area contributed by atoms with E-state index in [1.165, 1.54) is 31.0 Å². The number of amides is 2. The summed E-state index contributed by atoms with van der Waals surface area (Å²) in [7, 11) is -1.39. The highest BCUT2D eigenvalue weighted by molar-refractivity contribution is 7.17. The number of carbonyl (C=O) groups excluding carboxylic acids is 2. The van der Waals surface area contributed by atoms with Crippen molar-refractivity contribution in [1.29, 1.82) is 0 Å². The number of rotatable bonds is 14. The van der Waals surface area contributed by atoms with E-state index in [4.69, 9.17) is 18.3 Å². The monoisotopic (exact) mass is 793 g/mol. The van der Waals surface area contributed by atoms with Crippen molar-refractivity contribution >= 4 is 52.8 Å². The average molecular weight is 794 g/mol. The molecule has 56 heavy (non-hydrogen) atoms. The number of hydrogen-bond acceptors (Lipinski definition) is 12. The van der Waals surface area contributed by atoms with Gasteiger partial charge in [-0.25, -0.2) is 4.79 Å². The molecule has 2 N–H and O–H groups in total. The molecule has 0 unspecified atom stereocenters. The quantitative estimate of drug-likeness (QED) is 0.125. The standard InChI is InChI=1S/C40H43N7O7SSi/c1-26(48)43-32-20-22-42-47(32)38-46-45-37(55-38)44-35(49)31-23-29(33-30(51-7)19-14-21-41-33)34(36(50)54-31)52-24-40(5,6)25-53-56(39(2,3)4,27-15-10-8-11-16-27)28-17-12-9-13-18-28/h8-23H,24-25H2,1-7H3,(H,43,48)(H,44,45,49). The second-order valence-corrected chi connectivity index (χ2v) is 20.0. The first-order valence-corrected chi connectivity index (χ1v) is 20.5. The van der Waals surface area contributed by atoms with Gasteiger partial charge in [-0.05, 0) is 27.5 Å². The zero-order chi connectivity index (χ0) is 40.1. The Morgan fingerprint density at radius 1 is 0.875 bits per heavy atom. The van der Waals surface area contributed by atoms with Gasteiger partial charge < -0.3 is 23.6 Å². The van der Waals surface area contributed by atoms with Crippen LogP contribution in [-0.4, -0.2) is 65.4 Å². The fraction of sp³-hybridized carbons (Fsp3) is 0.275. The van der Waals surface area contributed by atoms with E-state index in [9.17, 15) is 14.4 Å². The Hall–Kier alpha value is -5.97. The molecule has 0 atom stereocenters. The minimum absolute atomic E-state index is 0.0606. The second-order valence-electron chi connectivity index (χ2n) is 14.8. The highest BCUT2D eigenvalue weighted by Gasteiger charge is 2.50. The predicted molar refractivity (Wildman–Crippen MR) is 217 cm³/mol. The number of ether oxygens (including phenoxy) is 2. The highest BCUT2D eigenvalue weighted by Crippen LogP contribution is 2.39. The predicted octanol–water partition coefficient (Wildman–Crippen LogP) is 5.94. The molecule has 0 aliphatic heterocycles. The van der Waals surface area contributed by atoms with Crippen molar-refractivity contribution in [3.63, 3.8) is 0 Å². The molecule has 0 saturated carbocycles. The third-order valence-corrected chi connectivity index (χ3v) is 14.6. The molecule has 0 saturated heterocycles. The molecule has 0 aliphatic rings. The van der Waals surface area contributed by atoms with E-state index in [0.29, 0.717) is 18.2 Å². The Bertz CT molecular complexity index is 2330. The zero-order valence-corrected chi connectivity index (χ0v) is 34.0. The number of methoxy groups -OCH3 is 1. The van der Waals surface area contributed by atoms with Crippen molar-refractivity contribution in [3.05, 3.63) is 114 Å². The molecule has 2 aromatic carbocycles. The lowest BCUT2D eigenvalue weighted by Gasteiger charge is -2.44. The summed E-state index contributed by atoms with van der Waals surface area (Å²) in [5, 5.41) is 20.0. The van der Waals surface area contributed by atoms with E-state index in [1.54, 1.807) is 24.4 Å². The second kappa shape index (κ2) is 16.4. The maximum Gasteiger partial charge on any atom is 0.379 e. The molecule has 0 aliphatic carbocycles. The first kappa shape index (κ1) is 39.7. The fourth-order valence-corrected chi connectivity index (χ4v) is 11.8. The van der Waals surface area contributed by atoms with Gasteiger partial charge in [-0.1, -0.05) is 107 Å². The van der Waals surface area contributed by atoms with Gasteiger partial charge in [0, 0.05) is 37.3 Å². The number of pyridine rings is 1. The summed E-state index contributed by atoms with van der Waals surface area (Å²) in [6, 6.07) is 27.1. The average Bonchev–Trinajstić information content (AvgIpc) is 3.83. The van der Waals surface area contributed by atoms with Crippen LogP contribution in [0.25, 0.3) is 16.4 Å². The van der Waals surface area contributed by atoms with Crippen molar-refractivity contribution in [3.8, 4) is 27.9 Å². The van der Waals surface area contributed by atoms with E-state index in [-0.39, 0.29) is 50.6 Å². The molecular formula is C40H43N7O7SSi. The Kier molecular flexibility index (Phi) is 11.6. The van der Waals surface area contributed by atoms with Crippen LogP contribution >= 0.6 is 11.3 Å². The van der Waals surface area contributed by atoms with Crippen LogP contribution in [0.1, 0.15) is 52.1 Å². The third kappa shape index (κ3) is 8.46. The lowest BCUT2D eigenvalue weighted by atomic mass is 9.96. The van der Waals surface area contributed by atoms with E-state index in [2.05, 4.69) is 76.0 Å². The first-order chi connectivity index (χ1) is 26.7. The summed E-state index contributed by atoms with van der Waals surface area (Å²) in [6.07, 6.45) is 3.03. The summed E-state index contributed by atoms with van der Waals surface area (Å²) < 4.78 is 26.0. The molecule has 4 heterocycles. The summed E-state index contributed by atoms with van der Waals surface area (Å²) in [6.45, 7) is 12.4. The van der Waals surface area contributed by atoms with Gasteiger partial charge in [0.15, 0.2) is 5.76 Å². The van der Waals surface area contributed by atoms with Gasteiger partial charge in [0.1, 0.15) is 17.3 Å². The van der Waals surface area contributed by atoms with Crippen molar-refractivity contribution in [1.82, 2.24) is 25.0 Å². The number of benzene rings is 2. The Morgan fingerprint density at radius 2 is 1.55 bits per heavy atom. The molecule has 16 heteroatoms. The van der Waals surface area contributed by atoms with Crippen molar-refractivity contribution in [2.75, 3.05) is 31.0 Å². The van der Waals surface area contributed by atoms with E-state index in [1.807, 2.05) is 50.2 Å². The van der Waals surface area contributed by atoms with E-state index < -0.39 is 25.3 Å². The molecule has 4 aromatic heterocycles. The number of nitrogens with one attached hydrogen (secondary N) is 2. The molecule has 0 bridgehead atoms. The highest BCUT2D eigenvalue weighted by atomic mass is 32.1. The fourth-order valence-electron chi connectivity index (χ4n) is 6.28. The van der Waals surface area contributed by atoms with Gasteiger partial charge in [-0.15, -0.1) is 10.2 Å². The minimum atomic E-state index is -2.87.